The van der Waals surface area contributed by atoms with Crippen LogP contribution in [0.5, 0.6) is 0 Å². The number of likely N-dealkylation sites (tertiary alicyclic amines) is 1. The van der Waals surface area contributed by atoms with Crippen molar-refractivity contribution >= 4 is 27.5 Å². The van der Waals surface area contributed by atoms with E-state index in [9.17, 15) is 9.59 Å². The molecule has 7 heteroatoms. The molecule has 0 radical (unpaired) electrons. The van der Waals surface area contributed by atoms with Gasteiger partial charge in [-0.15, -0.1) is 11.3 Å². The Bertz CT molecular complexity index is 1140. The van der Waals surface area contributed by atoms with Crippen LogP contribution in [0.1, 0.15) is 52.0 Å². The van der Waals surface area contributed by atoms with E-state index in [0.717, 1.165) is 39.7 Å². The van der Waals surface area contributed by atoms with E-state index < -0.39 is 0 Å². The topological polar surface area (TPSA) is 64.4 Å². The summed E-state index contributed by atoms with van der Waals surface area (Å²) < 4.78 is 6.90. The third-order valence-electron chi connectivity index (χ3n) is 5.71. The molecule has 1 saturated heterocycles. The second-order valence-electron chi connectivity index (χ2n) is 7.79. The quantitative estimate of drug-likeness (QED) is 0.561. The summed E-state index contributed by atoms with van der Waals surface area (Å²) in [4.78, 5) is 34.8. The molecule has 0 atom stereocenters. The predicted octanol–water partition coefficient (Wildman–Crippen LogP) is 3.90. The van der Waals surface area contributed by atoms with Gasteiger partial charge >= 0.3 is 5.97 Å². The van der Waals surface area contributed by atoms with Crippen LogP contribution < -0.4 is 5.56 Å². The molecule has 0 N–H and O–H groups in total. The van der Waals surface area contributed by atoms with Crippen LogP contribution >= 0.6 is 11.3 Å². The third kappa shape index (κ3) is 4.04. The van der Waals surface area contributed by atoms with Crippen LogP contribution in [0.15, 0.2) is 29.1 Å². The van der Waals surface area contributed by atoms with E-state index in [2.05, 4.69) is 4.90 Å². The van der Waals surface area contributed by atoms with Crippen molar-refractivity contribution in [2.24, 2.45) is 0 Å². The average Bonchev–Trinajstić information content (AvgIpc) is 3.33. The highest BCUT2D eigenvalue weighted by Gasteiger charge is 2.20. The Morgan fingerprint density at radius 1 is 1.20 bits per heavy atom. The molecule has 1 aliphatic rings. The van der Waals surface area contributed by atoms with E-state index >= 15 is 0 Å². The first-order valence-electron chi connectivity index (χ1n) is 10.5. The normalized spacial score (nSPS) is 14.5. The van der Waals surface area contributed by atoms with Crippen LogP contribution in [0, 0.1) is 13.8 Å². The third-order valence-corrected chi connectivity index (χ3v) is 6.81. The van der Waals surface area contributed by atoms with Crippen molar-refractivity contribution in [3.05, 3.63) is 62.0 Å². The molecule has 3 aromatic rings. The summed E-state index contributed by atoms with van der Waals surface area (Å²) in [6.45, 7) is 9.27. The van der Waals surface area contributed by atoms with Gasteiger partial charge in [-0.25, -0.2) is 9.78 Å². The fourth-order valence-corrected chi connectivity index (χ4v) is 5.03. The number of rotatable bonds is 6. The van der Waals surface area contributed by atoms with E-state index in [4.69, 9.17) is 9.72 Å². The number of aromatic nitrogens is 2. The molecule has 0 spiro atoms. The van der Waals surface area contributed by atoms with Gasteiger partial charge in [-0.1, -0.05) is 12.1 Å². The first kappa shape index (κ1) is 20.8. The smallest absolute Gasteiger partial charge is 0.338 e. The van der Waals surface area contributed by atoms with Gasteiger partial charge in [0.05, 0.1) is 30.6 Å². The van der Waals surface area contributed by atoms with Gasteiger partial charge in [-0.2, -0.15) is 0 Å². The van der Waals surface area contributed by atoms with Gasteiger partial charge < -0.3 is 4.74 Å². The molecule has 1 aromatic carbocycles. The lowest BCUT2D eigenvalue weighted by molar-refractivity contribution is 0.0526. The Kier molecular flexibility index (Phi) is 6.01. The van der Waals surface area contributed by atoms with E-state index in [1.807, 2.05) is 26.0 Å². The zero-order valence-corrected chi connectivity index (χ0v) is 18.6. The van der Waals surface area contributed by atoms with Crippen LogP contribution in [-0.2, 0) is 17.8 Å². The number of hydrogen-bond donors (Lipinski definition) is 0. The molecule has 6 nitrogen and oxygen atoms in total. The van der Waals surface area contributed by atoms with E-state index in [-0.39, 0.29) is 11.5 Å². The standard InChI is InChI=1S/C23H27N3O3S/c1-4-29-23(28)18-9-7-8-17(12-18)13-26-19(14-25-10-5-6-11-25)24-21-20(22(26)27)15(2)16(3)30-21/h7-9,12H,4-6,10-11,13-14H2,1-3H3. The second-order valence-corrected chi connectivity index (χ2v) is 8.99. The fraction of sp³-hybridized carbons (Fsp3) is 0.435. The number of hydrogen-bond acceptors (Lipinski definition) is 6. The number of thiophene rings is 1. The molecule has 0 saturated carbocycles. The first-order chi connectivity index (χ1) is 14.5. The molecule has 0 unspecified atom stereocenters. The Balaban J connectivity index is 1.77. The van der Waals surface area contributed by atoms with Crippen molar-refractivity contribution in [1.82, 2.24) is 14.5 Å². The zero-order valence-electron chi connectivity index (χ0n) is 17.7. The van der Waals surface area contributed by atoms with Crippen molar-refractivity contribution in [2.75, 3.05) is 19.7 Å². The van der Waals surface area contributed by atoms with Crippen molar-refractivity contribution in [3.8, 4) is 0 Å². The van der Waals surface area contributed by atoms with E-state index in [1.54, 1.807) is 35.0 Å². The molecule has 0 amide bonds. The first-order valence-corrected chi connectivity index (χ1v) is 11.3. The van der Waals surface area contributed by atoms with Gasteiger partial charge in [0.25, 0.3) is 5.56 Å². The molecule has 158 valence electrons. The van der Waals surface area contributed by atoms with Crippen molar-refractivity contribution in [2.45, 2.75) is 46.7 Å². The number of benzene rings is 1. The number of aryl methyl sites for hydroxylation is 2. The highest BCUT2D eigenvalue weighted by atomic mass is 32.1. The van der Waals surface area contributed by atoms with Crippen molar-refractivity contribution in [3.63, 3.8) is 0 Å². The zero-order chi connectivity index (χ0) is 21.3. The number of esters is 1. The van der Waals surface area contributed by atoms with E-state index in [1.165, 1.54) is 12.8 Å². The van der Waals surface area contributed by atoms with Crippen molar-refractivity contribution in [1.29, 1.82) is 0 Å². The highest BCUT2D eigenvalue weighted by molar-refractivity contribution is 7.18. The summed E-state index contributed by atoms with van der Waals surface area (Å²) in [7, 11) is 0. The number of fused-ring (bicyclic) bond motifs is 1. The molecule has 4 rings (SSSR count). The van der Waals surface area contributed by atoms with Crippen LogP contribution in [0.4, 0.5) is 0 Å². The van der Waals surface area contributed by atoms with Gasteiger partial charge in [0.1, 0.15) is 10.7 Å². The minimum atomic E-state index is -0.345. The molecular weight excluding hydrogens is 398 g/mol. The largest absolute Gasteiger partial charge is 0.462 e. The summed E-state index contributed by atoms with van der Waals surface area (Å²) in [5.74, 6) is 0.444. The Labute approximate surface area is 180 Å². The number of nitrogens with zero attached hydrogens (tertiary/aromatic N) is 3. The van der Waals surface area contributed by atoms with Gasteiger partial charge in [-0.05, 0) is 70.0 Å². The summed E-state index contributed by atoms with van der Waals surface area (Å²) in [6.07, 6.45) is 2.37. The SMILES string of the molecule is CCOC(=O)c1cccc(Cn2c(CN3CCCC3)nc3sc(C)c(C)c3c2=O)c1. The van der Waals surface area contributed by atoms with Gasteiger partial charge in [0.15, 0.2) is 0 Å². The maximum atomic E-state index is 13.5. The molecule has 1 aliphatic heterocycles. The monoisotopic (exact) mass is 425 g/mol. The highest BCUT2D eigenvalue weighted by Crippen LogP contribution is 2.27. The number of carbonyl (C=O) groups excluding carboxylic acids is 1. The van der Waals surface area contributed by atoms with E-state index in [0.29, 0.717) is 30.6 Å². The van der Waals surface area contributed by atoms with Gasteiger partial charge in [0.2, 0.25) is 0 Å². The molecular formula is C23H27N3O3S. The van der Waals surface area contributed by atoms with Crippen LogP contribution in [0.25, 0.3) is 10.2 Å². The summed E-state index contributed by atoms with van der Waals surface area (Å²) in [5, 5.41) is 0.712. The predicted molar refractivity (Wildman–Crippen MR) is 119 cm³/mol. The molecule has 3 heterocycles. The maximum absolute atomic E-state index is 13.5. The molecule has 30 heavy (non-hydrogen) atoms. The summed E-state index contributed by atoms with van der Waals surface area (Å²) in [6, 6.07) is 7.31. The lowest BCUT2D eigenvalue weighted by Gasteiger charge is -2.18. The number of ether oxygens (including phenoxy) is 1. The lowest BCUT2D eigenvalue weighted by atomic mass is 10.1. The second kappa shape index (κ2) is 8.70. The molecule has 0 aliphatic carbocycles. The van der Waals surface area contributed by atoms with Gasteiger partial charge in [0, 0.05) is 4.88 Å². The van der Waals surface area contributed by atoms with Gasteiger partial charge in [-0.3, -0.25) is 14.3 Å². The summed E-state index contributed by atoms with van der Waals surface area (Å²) in [5.41, 5.74) is 2.39. The Hall–Kier alpha value is -2.51. The average molecular weight is 426 g/mol. The van der Waals surface area contributed by atoms with Crippen LogP contribution in [0.3, 0.4) is 0 Å². The van der Waals surface area contributed by atoms with Crippen LogP contribution in [0.2, 0.25) is 0 Å². The number of carbonyl (C=O) groups is 1. The minimum absolute atomic E-state index is 0.00224. The van der Waals surface area contributed by atoms with Crippen molar-refractivity contribution < 1.29 is 9.53 Å². The van der Waals surface area contributed by atoms with Crippen LogP contribution in [-0.4, -0.2) is 40.1 Å². The lowest BCUT2D eigenvalue weighted by Crippen LogP contribution is -2.30. The summed E-state index contributed by atoms with van der Waals surface area (Å²) >= 11 is 1.59. The Morgan fingerprint density at radius 3 is 2.70 bits per heavy atom. The molecule has 1 fully saturated rings. The maximum Gasteiger partial charge on any atom is 0.338 e. The Morgan fingerprint density at radius 2 is 1.97 bits per heavy atom. The molecule has 0 bridgehead atoms. The fourth-order valence-electron chi connectivity index (χ4n) is 3.99. The minimum Gasteiger partial charge on any atom is -0.462 e. The molecule has 2 aromatic heterocycles.